The van der Waals surface area contributed by atoms with E-state index in [2.05, 4.69) is 4.98 Å². The molecule has 0 spiro atoms. The molecule has 19 heavy (non-hydrogen) atoms. The van der Waals surface area contributed by atoms with E-state index < -0.39 is 0 Å². The molecule has 2 aromatic heterocycles. The van der Waals surface area contributed by atoms with Gasteiger partial charge < -0.3 is 15.0 Å². The van der Waals surface area contributed by atoms with Crippen molar-refractivity contribution in [1.29, 1.82) is 0 Å². The molecule has 1 aliphatic rings. The summed E-state index contributed by atoms with van der Waals surface area (Å²) in [5.74, 6) is -0.0569. The van der Waals surface area contributed by atoms with Crippen LogP contribution in [0.3, 0.4) is 0 Å². The first-order valence-corrected chi connectivity index (χ1v) is 7.05. The Hall–Kier alpha value is -1.66. The van der Waals surface area contributed by atoms with Crippen molar-refractivity contribution in [3.05, 3.63) is 33.4 Å². The summed E-state index contributed by atoms with van der Waals surface area (Å²) >= 11 is 1.29. The number of nitrogens with one attached hydrogen (secondary N) is 1. The van der Waals surface area contributed by atoms with Gasteiger partial charge in [0.25, 0.3) is 5.91 Å². The number of fused-ring (bicyclic) bond motifs is 1. The number of aliphatic hydroxyl groups excluding tert-OH is 1. The lowest BCUT2D eigenvalue weighted by atomic mass is 10.2. The standard InChI is InChI=1S/C13H14N2O3S/c16-7-9-2-1-5-15(9)13(18)10-6-8-3-4-11(17)14-12(8)19-10/h3-4,6,9,16H,1-2,5,7H2,(H,14,17)/t9-/m1/s1. The normalized spacial score (nSPS) is 19.2. The van der Waals surface area contributed by atoms with Crippen LogP contribution in [0.5, 0.6) is 0 Å². The van der Waals surface area contributed by atoms with Gasteiger partial charge in [0.1, 0.15) is 4.83 Å². The summed E-state index contributed by atoms with van der Waals surface area (Å²) in [5, 5.41) is 10.1. The number of nitrogens with zero attached hydrogens (tertiary/aromatic N) is 1. The van der Waals surface area contributed by atoms with Crippen molar-refractivity contribution < 1.29 is 9.90 Å². The van der Waals surface area contributed by atoms with Crippen LogP contribution in [0.2, 0.25) is 0 Å². The minimum absolute atomic E-state index is 0.00741. The van der Waals surface area contributed by atoms with E-state index >= 15 is 0 Å². The van der Waals surface area contributed by atoms with E-state index in [1.165, 1.54) is 17.4 Å². The molecule has 5 nitrogen and oxygen atoms in total. The molecule has 1 fully saturated rings. The van der Waals surface area contributed by atoms with Crippen LogP contribution in [-0.4, -0.2) is 40.1 Å². The van der Waals surface area contributed by atoms with Crippen molar-refractivity contribution in [2.24, 2.45) is 0 Å². The molecular formula is C13H14N2O3S. The highest BCUT2D eigenvalue weighted by molar-refractivity contribution is 7.20. The summed E-state index contributed by atoms with van der Waals surface area (Å²) in [6.45, 7) is 0.697. The molecule has 0 aromatic carbocycles. The minimum Gasteiger partial charge on any atom is -0.394 e. The molecule has 0 unspecified atom stereocenters. The predicted octanol–water partition coefficient (Wildman–Crippen LogP) is 1.19. The molecule has 0 radical (unpaired) electrons. The predicted molar refractivity (Wildman–Crippen MR) is 73.6 cm³/mol. The van der Waals surface area contributed by atoms with Gasteiger partial charge in [0.05, 0.1) is 17.5 Å². The third-order valence-electron chi connectivity index (χ3n) is 3.47. The fraction of sp³-hybridized carbons (Fsp3) is 0.385. The molecule has 1 aliphatic heterocycles. The summed E-state index contributed by atoms with van der Waals surface area (Å²) < 4.78 is 0. The quantitative estimate of drug-likeness (QED) is 0.866. The Kier molecular flexibility index (Phi) is 3.12. The first-order chi connectivity index (χ1) is 9.19. The van der Waals surface area contributed by atoms with Crippen molar-refractivity contribution in [2.75, 3.05) is 13.2 Å². The number of hydrogen-bond acceptors (Lipinski definition) is 4. The number of H-pyrrole nitrogens is 1. The van der Waals surface area contributed by atoms with Crippen LogP contribution in [0.1, 0.15) is 22.5 Å². The molecule has 2 N–H and O–H groups in total. The van der Waals surface area contributed by atoms with E-state index in [1.54, 1.807) is 17.0 Å². The van der Waals surface area contributed by atoms with Crippen LogP contribution in [-0.2, 0) is 0 Å². The van der Waals surface area contributed by atoms with Gasteiger partial charge in [-0.3, -0.25) is 9.59 Å². The summed E-state index contributed by atoms with van der Waals surface area (Å²) in [5.41, 5.74) is -0.164. The second-order valence-corrected chi connectivity index (χ2v) is 5.75. The van der Waals surface area contributed by atoms with Gasteiger partial charge in [0, 0.05) is 18.0 Å². The van der Waals surface area contributed by atoms with Gasteiger partial charge in [-0.2, -0.15) is 0 Å². The molecule has 100 valence electrons. The van der Waals surface area contributed by atoms with Crippen molar-refractivity contribution in [1.82, 2.24) is 9.88 Å². The number of carbonyl (C=O) groups excluding carboxylic acids is 1. The van der Waals surface area contributed by atoms with Crippen molar-refractivity contribution in [3.8, 4) is 0 Å². The Morgan fingerprint density at radius 2 is 2.37 bits per heavy atom. The molecule has 0 aliphatic carbocycles. The van der Waals surface area contributed by atoms with Gasteiger partial charge in [-0.15, -0.1) is 11.3 Å². The van der Waals surface area contributed by atoms with Crippen LogP contribution >= 0.6 is 11.3 Å². The van der Waals surface area contributed by atoms with E-state index in [-0.39, 0.29) is 24.1 Å². The van der Waals surface area contributed by atoms with Gasteiger partial charge in [-0.05, 0) is 25.0 Å². The Morgan fingerprint density at radius 3 is 3.16 bits per heavy atom. The second-order valence-electron chi connectivity index (χ2n) is 4.69. The van der Waals surface area contributed by atoms with Crippen molar-refractivity contribution in [2.45, 2.75) is 18.9 Å². The number of amides is 1. The number of pyridine rings is 1. The fourth-order valence-corrected chi connectivity index (χ4v) is 3.49. The number of thiophene rings is 1. The van der Waals surface area contributed by atoms with E-state index in [4.69, 9.17) is 0 Å². The maximum atomic E-state index is 12.4. The zero-order chi connectivity index (χ0) is 13.4. The molecular weight excluding hydrogens is 264 g/mol. The van der Waals surface area contributed by atoms with Crippen LogP contribution in [0.15, 0.2) is 23.0 Å². The number of rotatable bonds is 2. The first-order valence-electron chi connectivity index (χ1n) is 6.24. The molecule has 3 rings (SSSR count). The third-order valence-corrected chi connectivity index (χ3v) is 4.53. The van der Waals surface area contributed by atoms with Crippen LogP contribution < -0.4 is 5.56 Å². The van der Waals surface area contributed by atoms with Crippen LogP contribution in [0.25, 0.3) is 10.2 Å². The zero-order valence-electron chi connectivity index (χ0n) is 10.3. The van der Waals surface area contributed by atoms with Gasteiger partial charge in [0.2, 0.25) is 5.56 Å². The van der Waals surface area contributed by atoms with Crippen molar-refractivity contribution in [3.63, 3.8) is 0 Å². The Balaban J connectivity index is 1.95. The largest absolute Gasteiger partial charge is 0.394 e. The summed E-state index contributed by atoms with van der Waals surface area (Å²) in [7, 11) is 0. The molecule has 6 heteroatoms. The maximum absolute atomic E-state index is 12.4. The number of aliphatic hydroxyl groups is 1. The average Bonchev–Trinajstić information content (AvgIpc) is 3.03. The highest BCUT2D eigenvalue weighted by atomic mass is 32.1. The lowest BCUT2D eigenvalue weighted by molar-refractivity contribution is 0.0682. The Labute approximate surface area is 113 Å². The molecule has 0 saturated carbocycles. The first kappa shape index (κ1) is 12.4. The summed E-state index contributed by atoms with van der Waals surface area (Å²) in [6.07, 6.45) is 1.78. The highest BCUT2D eigenvalue weighted by Gasteiger charge is 2.29. The minimum atomic E-state index is -0.164. The number of aromatic nitrogens is 1. The van der Waals surface area contributed by atoms with E-state index in [0.717, 1.165) is 23.1 Å². The van der Waals surface area contributed by atoms with Gasteiger partial charge in [0.15, 0.2) is 0 Å². The fourth-order valence-electron chi connectivity index (χ4n) is 2.49. The van der Waals surface area contributed by atoms with Crippen molar-refractivity contribution >= 4 is 27.5 Å². The molecule has 0 bridgehead atoms. The van der Waals surface area contributed by atoms with Crippen LogP contribution in [0, 0.1) is 0 Å². The Bertz CT molecular complexity index is 676. The lowest BCUT2D eigenvalue weighted by Gasteiger charge is -2.22. The topological polar surface area (TPSA) is 73.4 Å². The zero-order valence-corrected chi connectivity index (χ0v) is 11.1. The molecule has 1 saturated heterocycles. The third kappa shape index (κ3) is 2.17. The Morgan fingerprint density at radius 1 is 1.53 bits per heavy atom. The average molecular weight is 278 g/mol. The summed E-state index contributed by atoms with van der Waals surface area (Å²) in [6, 6.07) is 4.90. The van der Waals surface area contributed by atoms with E-state index in [9.17, 15) is 14.7 Å². The van der Waals surface area contributed by atoms with E-state index in [0.29, 0.717) is 11.4 Å². The number of hydrogen-bond donors (Lipinski definition) is 2. The van der Waals surface area contributed by atoms with E-state index in [1.807, 2.05) is 0 Å². The smallest absolute Gasteiger partial charge is 0.264 e. The van der Waals surface area contributed by atoms with Gasteiger partial charge in [-0.1, -0.05) is 0 Å². The number of aromatic amines is 1. The number of likely N-dealkylation sites (tertiary alicyclic amines) is 1. The monoisotopic (exact) mass is 278 g/mol. The number of carbonyl (C=O) groups is 1. The van der Waals surface area contributed by atoms with Gasteiger partial charge >= 0.3 is 0 Å². The van der Waals surface area contributed by atoms with Crippen LogP contribution in [0.4, 0.5) is 0 Å². The maximum Gasteiger partial charge on any atom is 0.264 e. The molecule has 3 heterocycles. The summed E-state index contributed by atoms with van der Waals surface area (Å²) in [4.78, 5) is 29.4. The second kappa shape index (κ2) is 4.79. The highest BCUT2D eigenvalue weighted by Crippen LogP contribution is 2.26. The SMILES string of the molecule is O=C(c1cc2ccc(=O)[nH]c2s1)N1CCC[C@@H]1CO. The molecule has 1 atom stereocenters. The molecule has 1 amide bonds. The molecule has 2 aromatic rings. The lowest BCUT2D eigenvalue weighted by Crippen LogP contribution is -2.37. The van der Waals surface area contributed by atoms with Gasteiger partial charge in [-0.25, -0.2) is 0 Å².